The number of pyridine rings is 1. The van der Waals surface area contributed by atoms with Gasteiger partial charge in [-0.1, -0.05) is 6.07 Å². The zero-order valence-electron chi connectivity index (χ0n) is 17.5. The first-order valence-corrected chi connectivity index (χ1v) is 11.5. The van der Waals surface area contributed by atoms with Crippen LogP contribution in [0.15, 0.2) is 59.7 Å². The van der Waals surface area contributed by atoms with Gasteiger partial charge in [-0.2, -0.15) is 10.1 Å². The number of fused-ring (bicyclic) bond motifs is 2. The number of nitrogens with one attached hydrogen (secondary N) is 1. The third-order valence-electron chi connectivity index (χ3n) is 6.20. The van der Waals surface area contributed by atoms with Crippen molar-refractivity contribution in [3.05, 3.63) is 65.5 Å². The summed E-state index contributed by atoms with van der Waals surface area (Å²) in [5, 5.41) is 10.1. The molecule has 160 valence electrons. The monoisotopic (exact) mass is 488 g/mol. The van der Waals surface area contributed by atoms with Gasteiger partial charge in [0.15, 0.2) is 5.65 Å². The predicted octanol–water partition coefficient (Wildman–Crippen LogP) is 4.61. The minimum atomic E-state index is 0.320. The molecule has 1 aliphatic carbocycles. The van der Waals surface area contributed by atoms with Crippen LogP contribution in [0, 0.1) is 0 Å². The number of hydrogen-bond acceptors (Lipinski definition) is 6. The van der Waals surface area contributed by atoms with E-state index in [-0.39, 0.29) is 0 Å². The summed E-state index contributed by atoms with van der Waals surface area (Å²) in [5.74, 6) is 2.24. The normalized spacial score (nSPS) is 18.6. The maximum Gasteiger partial charge on any atom is 0.224 e. The second kappa shape index (κ2) is 7.67. The van der Waals surface area contributed by atoms with E-state index < -0.39 is 0 Å². The highest BCUT2D eigenvalue weighted by Gasteiger charge is 2.29. The molecule has 1 N–H and O–H groups in total. The van der Waals surface area contributed by atoms with Crippen LogP contribution in [0.2, 0.25) is 0 Å². The first kappa shape index (κ1) is 19.4. The number of hydrogen-bond donors (Lipinski definition) is 1. The van der Waals surface area contributed by atoms with Crippen LogP contribution in [0.1, 0.15) is 31.0 Å². The van der Waals surface area contributed by atoms with Crippen LogP contribution in [0.25, 0.3) is 27.6 Å². The zero-order valence-corrected chi connectivity index (χ0v) is 19.1. The maximum absolute atomic E-state index is 4.83. The summed E-state index contributed by atoms with van der Waals surface area (Å²) in [4.78, 5) is 18.3. The van der Waals surface area contributed by atoms with E-state index in [9.17, 15) is 0 Å². The zero-order chi connectivity index (χ0) is 21.7. The second-order valence-electron chi connectivity index (χ2n) is 8.26. The molecule has 1 saturated carbocycles. The summed E-state index contributed by atoms with van der Waals surface area (Å²) >= 11 is 3.56. The number of halogens is 1. The van der Waals surface area contributed by atoms with Crippen molar-refractivity contribution in [2.45, 2.75) is 31.2 Å². The lowest BCUT2D eigenvalue weighted by Crippen LogP contribution is -2.18. The van der Waals surface area contributed by atoms with Gasteiger partial charge in [-0.15, -0.1) is 0 Å². The molecule has 6 rings (SSSR count). The van der Waals surface area contributed by atoms with Crippen molar-refractivity contribution in [3.8, 4) is 5.69 Å². The predicted molar refractivity (Wildman–Crippen MR) is 127 cm³/mol. The molecule has 0 saturated heterocycles. The molecule has 32 heavy (non-hydrogen) atoms. The van der Waals surface area contributed by atoms with Crippen molar-refractivity contribution in [2.24, 2.45) is 7.05 Å². The Balaban J connectivity index is 1.31. The van der Waals surface area contributed by atoms with E-state index >= 15 is 0 Å². The number of imidazole rings is 1. The molecule has 9 heteroatoms. The van der Waals surface area contributed by atoms with E-state index in [2.05, 4.69) is 59.0 Å². The van der Waals surface area contributed by atoms with Gasteiger partial charge in [0, 0.05) is 49.2 Å². The number of rotatable bonds is 4. The van der Waals surface area contributed by atoms with Crippen LogP contribution in [0.4, 0.5) is 5.95 Å². The fraction of sp³-hybridized carbons (Fsp3) is 0.261. The highest BCUT2D eigenvalue weighted by molar-refractivity contribution is 9.10. The van der Waals surface area contributed by atoms with Crippen molar-refractivity contribution in [1.82, 2.24) is 34.3 Å². The molecule has 2 atom stereocenters. The van der Waals surface area contributed by atoms with E-state index in [1.54, 1.807) is 6.20 Å². The quantitative estimate of drug-likeness (QED) is 0.397. The minimum absolute atomic E-state index is 0.320. The summed E-state index contributed by atoms with van der Waals surface area (Å²) in [6, 6.07) is 10.4. The van der Waals surface area contributed by atoms with Gasteiger partial charge in [-0.25, -0.2) is 14.6 Å². The van der Waals surface area contributed by atoms with Crippen LogP contribution in [0.5, 0.6) is 0 Å². The third-order valence-corrected chi connectivity index (χ3v) is 6.79. The van der Waals surface area contributed by atoms with Crippen molar-refractivity contribution in [2.75, 3.05) is 5.32 Å². The van der Waals surface area contributed by atoms with E-state index in [1.807, 2.05) is 47.5 Å². The number of aromatic nitrogens is 7. The Bertz CT molecular complexity index is 1440. The van der Waals surface area contributed by atoms with E-state index in [4.69, 9.17) is 4.98 Å². The van der Waals surface area contributed by atoms with Gasteiger partial charge in [0.05, 0.1) is 16.6 Å². The van der Waals surface area contributed by atoms with Crippen molar-refractivity contribution in [1.29, 1.82) is 0 Å². The van der Waals surface area contributed by atoms with E-state index in [1.165, 1.54) is 0 Å². The summed E-state index contributed by atoms with van der Waals surface area (Å²) in [6.07, 6.45) is 10.7. The molecule has 0 radical (unpaired) electrons. The molecule has 4 aromatic heterocycles. The van der Waals surface area contributed by atoms with Crippen molar-refractivity contribution >= 4 is 43.8 Å². The molecule has 1 aliphatic rings. The Labute approximate surface area is 192 Å². The highest BCUT2D eigenvalue weighted by atomic mass is 79.9. The van der Waals surface area contributed by atoms with Gasteiger partial charge in [0.2, 0.25) is 5.95 Å². The van der Waals surface area contributed by atoms with Gasteiger partial charge in [-0.05, 0) is 59.5 Å². The Kier molecular flexibility index (Phi) is 4.64. The molecule has 4 heterocycles. The minimum Gasteiger partial charge on any atom is -0.351 e. The molecule has 0 spiro atoms. The largest absolute Gasteiger partial charge is 0.351 e. The fourth-order valence-electron chi connectivity index (χ4n) is 4.61. The molecular weight excluding hydrogens is 468 g/mol. The number of anilines is 1. The smallest absolute Gasteiger partial charge is 0.224 e. The lowest BCUT2D eigenvalue weighted by molar-refractivity contribution is 0.624. The lowest BCUT2D eigenvalue weighted by Gasteiger charge is -2.13. The van der Waals surface area contributed by atoms with Gasteiger partial charge in [0.25, 0.3) is 0 Å². The topological polar surface area (TPSA) is 86.3 Å². The summed E-state index contributed by atoms with van der Waals surface area (Å²) < 4.78 is 4.69. The van der Waals surface area contributed by atoms with Crippen LogP contribution in [-0.2, 0) is 7.05 Å². The fourth-order valence-corrected chi connectivity index (χ4v) is 5.05. The first-order valence-electron chi connectivity index (χ1n) is 10.7. The van der Waals surface area contributed by atoms with Gasteiger partial charge < -0.3 is 9.88 Å². The molecule has 1 aromatic carbocycles. The Morgan fingerprint density at radius 2 is 2.03 bits per heavy atom. The molecule has 0 bridgehead atoms. The Morgan fingerprint density at radius 3 is 2.91 bits per heavy atom. The van der Waals surface area contributed by atoms with Crippen molar-refractivity contribution < 1.29 is 0 Å². The lowest BCUT2D eigenvalue weighted by atomic mass is 10.1. The molecule has 8 nitrogen and oxygen atoms in total. The molecule has 5 aromatic rings. The van der Waals surface area contributed by atoms with Crippen molar-refractivity contribution in [3.63, 3.8) is 0 Å². The second-order valence-corrected chi connectivity index (χ2v) is 9.01. The van der Waals surface area contributed by atoms with Crippen LogP contribution < -0.4 is 5.32 Å². The average Bonchev–Trinajstić information content (AvgIpc) is 3.52. The third kappa shape index (κ3) is 3.33. The van der Waals surface area contributed by atoms with E-state index in [0.717, 1.165) is 57.3 Å². The number of aryl methyl sites for hydroxylation is 1. The highest BCUT2D eigenvalue weighted by Crippen LogP contribution is 2.35. The van der Waals surface area contributed by atoms with Gasteiger partial charge in [-0.3, -0.25) is 4.98 Å². The summed E-state index contributed by atoms with van der Waals surface area (Å²) in [5.41, 5.74) is 2.64. The average molecular weight is 489 g/mol. The Hall–Kier alpha value is -3.33. The van der Waals surface area contributed by atoms with Crippen LogP contribution in [-0.4, -0.2) is 40.3 Å². The standard InChI is InChI=1S/C23H21BrN8/c1-31-10-9-26-21(31)15-4-5-16(11-15)28-23-27-13-18-20(24)30-32(22(18)29-23)17-6-7-19-14(12-17)3-2-8-25-19/h2-3,6-10,12-13,15-16H,4-5,11H2,1H3,(H,27,28,29)/t15?,16-/m1/s1. The van der Waals surface area contributed by atoms with Gasteiger partial charge >= 0.3 is 0 Å². The molecule has 1 unspecified atom stereocenters. The van der Waals surface area contributed by atoms with Crippen LogP contribution >= 0.6 is 15.9 Å². The molecular formula is C23H21BrN8. The van der Waals surface area contributed by atoms with E-state index in [0.29, 0.717) is 17.9 Å². The first-order chi connectivity index (χ1) is 15.7. The molecule has 0 amide bonds. The SMILES string of the molecule is Cn1ccnc1C1CC[C@@H](Nc2ncc3c(Br)nn(-c4ccc5ncccc5c4)c3n2)C1. The summed E-state index contributed by atoms with van der Waals surface area (Å²) in [6.45, 7) is 0. The Morgan fingerprint density at radius 1 is 1.09 bits per heavy atom. The summed E-state index contributed by atoms with van der Waals surface area (Å²) in [7, 11) is 2.06. The van der Waals surface area contributed by atoms with Gasteiger partial charge in [0.1, 0.15) is 10.4 Å². The number of nitrogens with zero attached hydrogens (tertiary/aromatic N) is 7. The number of benzene rings is 1. The maximum atomic E-state index is 4.83. The molecule has 1 fully saturated rings. The van der Waals surface area contributed by atoms with Crippen LogP contribution in [0.3, 0.4) is 0 Å². The molecule has 0 aliphatic heterocycles.